The summed E-state index contributed by atoms with van der Waals surface area (Å²) in [6.45, 7) is 0. The first-order valence-electron chi connectivity index (χ1n) is 5.81. The fraction of sp³-hybridized carbons (Fsp3) is 0.0625. The number of rotatable bonds is 4. The minimum absolute atomic E-state index is 0.0146. The van der Waals surface area contributed by atoms with Crippen LogP contribution in [-0.2, 0) is 0 Å². The van der Waals surface area contributed by atoms with Gasteiger partial charge in [-0.05, 0) is 58.5 Å². The monoisotopic (exact) mass is 364 g/mol. The lowest BCUT2D eigenvalue weighted by Crippen LogP contribution is -1.96. The quantitative estimate of drug-likeness (QED) is 0.462. The van der Waals surface area contributed by atoms with Gasteiger partial charge in [-0.25, -0.2) is 0 Å². The van der Waals surface area contributed by atoms with Gasteiger partial charge in [-0.2, -0.15) is 0 Å². The summed E-state index contributed by atoms with van der Waals surface area (Å²) in [5.74, 6) is 0.821. The van der Waals surface area contributed by atoms with Crippen molar-refractivity contribution in [3.05, 3.63) is 69.3 Å². The molecule has 2 rings (SSSR count). The van der Waals surface area contributed by atoms with E-state index in [4.69, 9.17) is 4.74 Å². The number of hydrogen-bond donors (Lipinski definition) is 0. The van der Waals surface area contributed by atoms with Gasteiger partial charge in [0.25, 0.3) is 0 Å². The second kappa shape index (κ2) is 6.52. The topological polar surface area (TPSA) is 26.3 Å². The van der Waals surface area contributed by atoms with Gasteiger partial charge < -0.3 is 4.74 Å². The van der Waals surface area contributed by atoms with Gasteiger partial charge in [-0.15, -0.1) is 0 Å². The Morgan fingerprint density at radius 3 is 2.42 bits per heavy atom. The van der Waals surface area contributed by atoms with Gasteiger partial charge in [0.15, 0.2) is 5.78 Å². The molecule has 0 atom stereocenters. The Kier molecular flexibility index (Phi) is 4.74. The minimum atomic E-state index is 0.0146. The fourth-order valence-corrected chi connectivity index (χ4v) is 2.29. The van der Waals surface area contributed by atoms with Crippen LogP contribution in [0.25, 0.3) is 6.08 Å². The molecule has 0 aliphatic carbocycles. The van der Waals surface area contributed by atoms with Crippen LogP contribution < -0.4 is 4.74 Å². The van der Waals surface area contributed by atoms with Crippen molar-refractivity contribution >= 4 is 34.5 Å². The second-order valence-electron chi connectivity index (χ2n) is 3.95. The SMILES string of the molecule is COc1ccc(/C=C/C(=O)c2ccccc2I)cc1. The van der Waals surface area contributed by atoms with Crippen molar-refractivity contribution in [2.75, 3.05) is 7.11 Å². The number of carbonyl (C=O) groups is 1. The van der Waals surface area contributed by atoms with Crippen LogP contribution in [0.15, 0.2) is 54.6 Å². The Hall–Kier alpha value is -1.62. The van der Waals surface area contributed by atoms with E-state index in [0.717, 1.165) is 20.4 Å². The zero-order chi connectivity index (χ0) is 13.7. The van der Waals surface area contributed by atoms with Gasteiger partial charge in [0.2, 0.25) is 0 Å². The molecule has 2 nitrogen and oxygen atoms in total. The molecule has 19 heavy (non-hydrogen) atoms. The van der Waals surface area contributed by atoms with Gasteiger partial charge in [0, 0.05) is 9.13 Å². The molecule has 0 amide bonds. The Morgan fingerprint density at radius 1 is 1.11 bits per heavy atom. The van der Waals surface area contributed by atoms with Crippen molar-refractivity contribution in [3.8, 4) is 5.75 Å². The van der Waals surface area contributed by atoms with Crippen LogP contribution in [0.2, 0.25) is 0 Å². The summed E-state index contributed by atoms with van der Waals surface area (Å²) >= 11 is 2.17. The van der Waals surface area contributed by atoms with E-state index in [-0.39, 0.29) is 5.78 Å². The maximum Gasteiger partial charge on any atom is 0.186 e. The molecule has 0 aliphatic heterocycles. The summed E-state index contributed by atoms with van der Waals surface area (Å²) in [6.07, 6.45) is 3.41. The summed E-state index contributed by atoms with van der Waals surface area (Å²) in [6, 6.07) is 15.1. The van der Waals surface area contributed by atoms with Crippen molar-refractivity contribution in [3.63, 3.8) is 0 Å². The molecular weight excluding hydrogens is 351 g/mol. The lowest BCUT2D eigenvalue weighted by Gasteiger charge is -2.00. The summed E-state index contributed by atoms with van der Waals surface area (Å²) in [4.78, 5) is 12.0. The highest BCUT2D eigenvalue weighted by atomic mass is 127. The van der Waals surface area contributed by atoms with Gasteiger partial charge in [-0.1, -0.05) is 30.3 Å². The zero-order valence-corrected chi connectivity index (χ0v) is 12.6. The van der Waals surface area contributed by atoms with Gasteiger partial charge in [-0.3, -0.25) is 4.79 Å². The molecule has 0 aromatic heterocycles. The maximum atomic E-state index is 12.0. The first kappa shape index (κ1) is 13.8. The standard InChI is InChI=1S/C16H13IO2/c1-19-13-9-6-12(7-10-13)8-11-16(18)14-4-2-3-5-15(14)17/h2-11H,1H3/b11-8+. The molecular formula is C16H13IO2. The predicted molar refractivity (Wildman–Crippen MR) is 85.5 cm³/mol. The largest absolute Gasteiger partial charge is 0.497 e. The van der Waals surface area contributed by atoms with E-state index in [0.29, 0.717) is 0 Å². The lowest BCUT2D eigenvalue weighted by molar-refractivity contribution is 0.104. The first-order valence-corrected chi connectivity index (χ1v) is 6.89. The predicted octanol–water partition coefficient (Wildman–Crippen LogP) is 4.20. The number of allylic oxidation sites excluding steroid dienone is 1. The third-order valence-electron chi connectivity index (χ3n) is 2.68. The number of benzene rings is 2. The molecule has 0 unspecified atom stereocenters. The van der Waals surface area contributed by atoms with Crippen LogP contribution in [0.3, 0.4) is 0 Å². The molecule has 0 bridgehead atoms. The third-order valence-corrected chi connectivity index (χ3v) is 3.62. The molecule has 0 aliphatic rings. The normalized spacial score (nSPS) is 10.6. The Bertz CT molecular complexity index is 600. The van der Waals surface area contributed by atoms with Gasteiger partial charge in [0.1, 0.15) is 5.75 Å². The smallest absolute Gasteiger partial charge is 0.186 e. The lowest BCUT2D eigenvalue weighted by atomic mass is 10.1. The molecule has 0 heterocycles. The molecule has 2 aromatic rings. The average Bonchev–Trinajstić information content (AvgIpc) is 2.46. The molecule has 96 valence electrons. The van der Waals surface area contributed by atoms with Gasteiger partial charge >= 0.3 is 0 Å². The van der Waals surface area contributed by atoms with E-state index in [1.807, 2.05) is 54.6 Å². The van der Waals surface area contributed by atoms with Crippen LogP contribution in [0, 0.1) is 3.57 Å². The van der Waals surface area contributed by atoms with Gasteiger partial charge in [0.05, 0.1) is 7.11 Å². The number of ketones is 1. The van der Waals surface area contributed by atoms with Crippen molar-refractivity contribution in [2.24, 2.45) is 0 Å². The second-order valence-corrected chi connectivity index (χ2v) is 5.11. The highest BCUT2D eigenvalue weighted by molar-refractivity contribution is 14.1. The van der Waals surface area contributed by atoms with E-state index in [1.54, 1.807) is 13.2 Å². The van der Waals surface area contributed by atoms with E-state index < -0.39 is 0 Å². The van der Waals surface area contributed by atoms with Crippen LogP contribution >= 0.6 is 22.6 Å². The highest BCUT2D eigenvalue weighted by Gasteiger charge is 2.05. The van der Waals surface area contributed by atoms with Crippen LogP contribution in [0.1, 0.15) is 15.9 Å². The van der Waals surface area contributed by atoms with Crippen LogP contribution in [0.4, 0.5) is 0 Å². The molecule has 0 fully saturated rings. The van der Waals surface area contributed by atoms with E-state index >= 15 is 0 Å². The number of methoxy groups -OCH3 is 1. The van der Waals surface area contributed by atoms with Crippen molar-refractivity contribution < 1.29 is 9.53 Å². The summed E-state index contributed by atoms with van der Waals surface area (Å²) < 4.78 is 6.05. The Morgan fingerprint density at radius 2 is 1.79 bits per heavy atom. The zero-order valence-electron chi connectivity index (χ0n) is 10.5. The highest BCUT2D eigenvalue weighted by Crippen LogP contribution is 2.15. The van der Waals surface area contributed by atoms with E-state index in [9.17, 15) is 4.79 Å². The number of ether oxygens (including phenoxy) is 1. The molecule has 2 aromatic carbocycles. The molecule has 0 N–H and O–H groups in total. The molecule has 0 saturated carbocycles. The molecule has 3 heteroatoms. The number of hydrogen-bond acceptors (Lipinski definition) is 2. The average molecular weight is 364 g/mol. The minimum Gasteiger partial charge on any atom is -0.497 e. The Labute approximate surface area is 126 Å². The van der Waals surface area contributed by atoms with E-state index in [1.165, 1.54) is 0 Å². The van der Waals surface area contributed by atoms with Crippen molar-refractivity contribution in [1.82, 2.24) is 0 Å². The van der Waals surface area contributed by atoms with Crippen LogP contribution in [-0.4, -0.2) is 12.9 Å². The summed E-state index contributed by atoms with van der Waals surface area (Å²) in [7, 11) is 1.63. The Balaban J connectivity index is 2.14. The number of carbonyl (C=O) groups excluding carboxylic acids is 1. The molecule has 0 saturated heterocycles. The number of halogens is 1. The maximum absolute atomic E-state index is 12.0. The molecule has 0 radical (unpaired) electrons. The van der Waals surface area contributed by atoms with Crippen molar-refractivity contribution in [1.29, 1.82) is 0 Å². The van der Waals surface area contributed by atoms with E-state index in [2.05, 4.69) is 22.6 Å². The third kappa shape index (κ3) is 3.67. The summed E-state index contributed by atoms with van der Waals surface area (Å²) in [5, 5.41) is 0. The summed E-state index contributed by atoms with van der Waals surface area (Å²) in [5.41, 5.74) is 1.70. The first-order chi connectivity index (χ1) is 9.20. The van der Waals surface area contributed by atoms with Crippen LogP contribution in [0.5, 0.6) is 5.75 Å². The fourth-order valence-electron chi connectivity index (χ4n) is 1.64. The van der Waals surface area contributed by atoms with Crippen molar-refractivity contribution in [2.45, 2.75) is 0 Å². The molecule has 0 spiro atoms.